The van der Waals surface area contributed by atoms with Crippen LogP contribution in [0.2, 0.25) is 0 Å². The van der Waals surface area contributed by atoms with E-state index in [-0.39, 0.29) is 6.04 Å². The highest BCUT2D eigenvalue weighted by atomic mass is 16.5. The molecule has 1 aromatic heterocycles. The number of aryl methyl sites for hydroxylation is 2. The molecule has 3 N–H and O–H groups in total. The molecule has 0 bridgehead atoms. The number of rotatable bonds is 5. The number of hydrogen-bond donors (Lipinski definition) is 2. The Morgan fingerprint density at radius 1 is 1.29 bits per heavy atom. The maximum absolute atomic E-state index is 5.88. The van der Waals surface area contributed by atoms with Crippen LogP contribution in [0.4, 0.5) is 0 Å². The number of nitrogens with two attached hydrogens (primary N) is 1. The van der Waals surface area contributed by atoms with Gasteiger partial charge in [-0.05, 0) is 42.9 Å². The van der Waals surface area contributed by atoms with E-state index >= 15 is 0 Å². The van der Waals surface area contributed by atoms with E-state index in [0.29, 0.717) is 0 Å². The summed E-state index contributed by atoms with van der Waals surface area (Å²) in [6.45, 7) is 0.796. The van der Waals surface area contributed by atoms with Gasteiger partial charge in [0, 0.05) is 24.0 Å². The second-order valence-electron chi connectivity index (χ2n) is 5.41. The Bertz CT molecular complexity index is 586. The van der Waals surface area contributed by atoms with Gasteiger partial charge in [0.1, 0.15) is 5.75 Å². The summed E-state index contributed by atoms with van der Waals surface area (Å²) >= 11 is 0. The van der Waals surface area contributed by atoms with Crippen LogP contribution in [0.15, 0.2) is 42.7 Å². The van der Waals surface area contributed by atoms with Gasteiger partial charge in [0.25, 0.3) is 0 Å². The average Bonchev–Trinajstić information content (AvgIpc) is 2.56. The van der Waals surface area contributed by atoms with Gasteiger partial charge in [-0.1, -0.05) is 24.3 Å². The van der Waals surface area contributed by atoms with Crippen molar-refractivity contribution in [2.24, 2.45) is 5.84 Å². The molecule has 0 spiro atoms. The van der Waals surface area contributed by atoms with Crippen molar-refractivity contribution < 1.29 is 4.74 Å². The highest BCUT2D eigenvalue weighted by Gasteiger charge is 2.20. The Kier molecular flexibility index (Phi) is 4.48. The number of hydrogen-bond acceptors (Lipinski definition) is 4. The second-order valence-corrected chi connectivity index (χ2v) is 5.41. The Morgan fingerprint density at radius 3 is 3.05 bits per heavy atom. The molecule has 0 saturated heterocycles. The first-order chi connectivity index (χ1) is 10.4. The van der Waals surface area contributed by atoms with Gasteiger partial charge in [0.15, 0.2) is 0 Å². The molecule has 110 valence electrons. The van der Waals surface area contributed by atoms with Gasteiger partial charge in [0.05, 0.1) is 6.61 Å². The molecule has 1 atom stereocenters. The number of fused-ring (bicyclic) bond motifs is 1. The first-order valence-corrected chi connectivity index (χ1v) is 7.48. The minimum absolute atomic E-state index is 0.0956. The molecule has 2 heterocycles. The van der Waals surface area contributed by atoms with Crippen molar-refractivity contribution in [2.45, 2.75) is 31.7 Å². The highest BCUT2D eigenvalue weighted by molar-refractivity contribution is 5.44. The van der Waals surface area contributed by atoms with Crippen LogP contribution in [-0.4, -0.2) is 11.6 Å². The number of aromatic nitrogens is 1. The third kappa shape index (κ3) is 3.23. The number of nitrogens with one attached hydrogen (secondary N) is 1. The number of para-hydroxylation sites is 1. The summed E-state index contributed by atoms with van der Waals surface area (Å²) in [6, 6.07) is 10.5. The number of ether oxygens (including phenoxy) is 1. The fourth-order valence-corrected chi connectivity index (χ4v) is 2.87. The van der Waals surface area contributed by atoms with Gasteiger partial charge in [0.2, 0.25) is 0 Å². The molecule has 21 heavy (non-hydrogen) atoms. The summed E-state index contributed by atoms with van der Waals surface area (Å²) < 4.78 is 5.88. The maximum atomic E-state index is 5.88. The minimum Gasteiger partial charge on any atom is -0.493 e. The van der Waals surface area contributed by atoms with Crippen LogP contribution < -0.4 is 16.0 Å². The molecular formula is C17H21N3O. The molecule has 0 radical (unpaired) electrons. The summed E-state index contributed by atoms with van der Waals surface area (Å²) in [5.41, 5.74) is 6.62. The lowest BCUT2D eigenvalue weighted by Gasteiger charge is -2.25. The lowest BCUT2D eigenvalue weighted by molar-refractivity contribution is 0.281. The van der Waals surface area contributed by atoms with Crippen molar-refractivity contribution in [1.82, 2.24) is 10.4 Å². The Morgan fingerprint density at radius 2 is 2.24 bits per heavy atom. The average molecular weight is 283 g/mol. The fraction of sp³-hybridized carbons (Fsp3) is 0.353. The van der Waals surface area contributed by atoms with Crippen LogP contribution in [0, 0.1) is 0 Å². The van der Waals surface area contributed by atoms with E-state index in [0.717, 1.165) is 38.0 Å². The van der Waals surface area contributed by atoms with Crippen molar-refractivity contribution >= 4 is 0 Å². The van der Waals surface area contributed by atoms with E-state index in [9.17, 15) is 0 Å². The molecule has 4 heteroatoms. The summed E-state index contributed by atoms with van der Waals surface area (Å²) in [5, 5.41) is 0. The third-order valence-electron chi connectivity index (χ3n) is 3.98. The summed E-state index contributed by atoms with van der Waals surface area (Å²) in [6.07, 6.45) is 7.73. The van der Waals surface area contributed by atoms with E-state index < -0.39 is 0 Å². The smallest absolute Gasteiger partial charge is 0.127 e. The Balaban J connectivity index is 1.77. The van der Waals surface area contributed by atoms with Crippen molar-refractivity contribution in [3.05, 3.63) is 59.4 Å². The standard InChI is InChI=1S/C17H21N3O/c18-20-16(9-8-13-4-2-10-19-12-13)15-7-1-5-14-6-3-11-21-17(14)15/h1-2,4-5,7,10,12,16,20H,3,6,8-9,11,18H2. The Hall–Kier alpha value is -1.91. The zero-order chi connectivity index (χ0) is 14.5. The number of pyridine rings is 1. The van der Waals surface area contributed by atoms with Crippen LogP contribution in [-0.2, 0) is 12.8 Å². The molecule has 0 saturated carbocycles. The SMILES string of the molecule is NNC(CCc1cccnc1)c1cccc2c1OCCC2. The largest absolute Gasteiger partial charge is 0.493 e. The Labute approximate surface area is 125 Å². The van der Waals surface area contributed by atoms with E-state index in [4.69, 9.17) is 10.6 Å². The van der Waals surface area contributed by atoms with Crippen LogP contribution in [0.3, 0.4) is 0 Å². The van der Waals surface area contributed by atoms with Gasteiger partial charge in [-0.2, -0.15) is 0 Å². The molecule has 1 aliphatic heterocycles. The molecule has 1 unspecified atom stereocenters. The lowest BCUT2D eigenvalue weighted by Crippen LogP contribution is -2.29. The van der Waals surface area contributed by atoms with Crippen LogP contribution in [0.1, 0.15) is 35.6 Å². The van der Waals surface area contributed by atoms with E-state index in [1.54, 1.807) is 6.20 Å². The van der Waals surface area contributed by atoms with Gasteiger partial charge >= 0.3 is 0 Å². The first-order valence-electron chi connectivity index (χ1n) is 7.48. The molecule has 1 aliphatic rings. The highest BCUT2D eigenvalue weighted by Crippen LogP contribution is 2.34. The van der Waals surface area contributed by atoms with E-state index in [1.807, 2.05) is 12.3 Å². The van der Waals surface area contributed by atoms with Crippen molar-refractivity contribution in [2.75, 3.05) is 6.61 Å². The van der Waals surface area contributed by atoms with Gasteiger partial charge in [-0.15, -0.1) is 0 Å². The summed E-state index contributed by atoms with van der Waals surface area (Å²) in [7, 11) is 0. The predicted octanol–water partition coefficient (Wildman–Crippen LogP) is 2.54. The molecule has 4 nitrogen and oxygen atoms in total. The van der Waals surface area contributed by atoms with Crippen LogP contribution in [0.25, 0.3) is 0 Å². The predicted molar refractivity (Wildman–Crippen MR) is 82.9 cm³/mol. The zero-order valence-electron chi connectivity index (χ0n) is 12.1. The second kappa shape index (κ2) is 6.70. The summed E-state index contributed by atoms with van der Waals surface area (Å²) in [4.78, 5) is 4.16. The topological polar surface area (TPSA) is 60.2 Å². The van der Waals surface area contributed by atoms with E-state index in [1.165, 1.54) is 16.7 Å². The molecule has 0 amide bonds. The van der Waals surface area contributed by atoms with Crippen LogP contribution in [0.5, 0.6) is 5.75 Å². The molecule has 0 aliphatic carbocycles. The quantitative estimate of drug-likeness (QED) is 0.654. The van der Waals surface area contributed by atoms with Crippen molar-refractivity contribution in [3.8, 4) is 5.75 Å². The van der Waals surface area contributed by atoms with Gasteiger partial charge in [-0.3, -0.25) is 16.3 Å². The number of benzene rings is 1. The van der Waals surface area contributed by atoms with Crippen LogP contribution >= 0.6 is 0 Å². The molecule has 0 fully saturated rings. The molecule has 2 aromatic rings. The van der Waals surface area contributed by atoms with E-state index in [2.05, 4.69) is 34.7 Å². The molecule has 3 rings (SSSR count). The zero-order valence-corrected chi connectivity index (χ0v) is 12.1. The number of nitrogens with zero attached hydrogens (tertiary/aromatic N) is 1. The lowest BCUT2D eigenvalue weighted by atomic mass is 9.95. The maximum Gasteiger partial charge on any atom is 0.127 e. The monoisotopic (exact) mass is 283 g/mol. The third-order valence-corrected chi connectivity index (χ3v) is 3.98. The molecule has 1 aromatic carbocycles. The number of hydrazine groups is 1. The fourth-order valence-electron chi connectivity index (χ4n) is 2.87. The summed E-state index contributed by atoms with van der Waals surface area (Å²) in [5.74, 6) is 6.81. The minimum atomic E-state index is 0.0956. The van der Waals surface area contributed by atoms with Gasteiger partial charge in [-0.25, -0.2) is 0 Å². The molecular weight excluding hydrogens is 262 g/mol. The first kappa shape index (κ1) is 14.0. The van der Waals surface area contributed by atoms with Crippen molar-refractivity contribution in [3.63, 3.8) is 0 Å². The normalized spacial score (nSPS) is 15.1. The van der Waals surface area contributed by atoms with Gasteiger partial charge < -0.3 is 4.74 Å². The van der Waals surface area contributed by atoms with Crippen molar-refractivity contribution in [1.29, 1.82) is 0 Å².